The molecule has 9 heteroatoms. The Kier molecular flexibility index (Phi) is 4.14. The van der Waals surface area contributed by atoms with Crippen LogP contribution in [-0.2, 0) is 9.59 Å². The number of carboxylic acid groups (broad SMARTS) is 1. The van der Waals surface area contributed by atoms with Crippen molar-refractivity contribution in [2.45, 2.75) is 11.8 Å². The molecule has 0 fully saturated rings. The van der Waals surface area contributed by atoms with Crippen LogP contribution in [-0.4, -0.2) is 43.9 Å². The van der Waals surface area contributed by atoms with E-state index in [2.05, 4.69) is 0 Å². The second kappa shape index (κ2) is 5.42. The molecule has 2 unspecified atom stereocenters. The van der Waals surface area contributed by atoms with Gasteiger partial charge < -0.3 is 20.6 Å². The van der Waals surface area contributed by atoms with E-state index in [0.717, 1.165) is 0 Å². The van der Waals surface area contributed by atoms with Crippen LogP contribution in [0.25, 0.3) is 0 Å². The maximum atomic E-state index is 11.6. The van der Waals surface area contributed by atoms with Crippen molar-refractivity contribution in [3.05, 3.63) is 40.4 Å². The van der Waals surface area contributed by atoms with E-state index < -0.39 is 28.6 Å². The number of hydrogen-bond acceptors (Lipinski definition) is 6. The van der Waals surface area contributed by atoms with E-state index in [4.69, 9.17) is 10.2 Å². The number of anilines is 1. The number of aliphatic hydroxyl groups excluding tert-OH is 1. The van der Waals surface area contributed by atoms with Crippen LogP contribution in [0.1, 0.15) is 0 Å². The predicted molar refractivity (Wildman–Crippen MR) is 60.7 cm³/mol. The Balaban J connectivity index is 3.04. The molecular formula is C10H10N2O7. The minimum atomic E-state index is -3.68. The second-order valence-electron chi connectivity index (χ2n) is 3.54. The van der Waals surface area contributed by atoms with Gasteiger partial charge in [0.1, 0.15) is 0 Å². The monoisotopic (exact) mass is 270 g/mol. The molecule has 9 nitrogen and oxygen atoms in total. The number of carboxylic acids is 1. The first-order valence-electron chi connectivity index (χ1n) is 4.94. The van der Waals surface area contributed by atoms with Gasteiger partial charge in [0.2, 0.25) is 0 Å². The van der Waals surface area contributed by atoms with Gasteiger partial charge in [0, 0.05) is 5.69 Å². The van der Waals surface area contributed by atoms with E-state index >= 15 is 0 Å². The Hall–Kier alpha value is -2.52. The number of aliphatic hydroxyl groups is 2. The number of aliphatic carboxylic acids is 1. The molecule has 4 N–H and O–H groups in total. The summed E-state index contributed by atoms with van der Waals surface area (Å²) in [5, 5.41) is 39.7. The van der Waals surface area contributed by atoms with Crippen LogP contribution >= 0.6 is 0 Å². The van der Waals surface area contributed by atoms with Crippen LogP contribution in [0.5, 0.6) is 0 Å². The van der Waals surface area contributed by atoms with E-state index in [-0.39, 0.29) is 5.69 Å². The molecule has 0 saturated carbocycles. The zero-order valence-corrected chi connectivity index (χ0v) is 9.39. The van der Waals surface area contributed by atoms with Crippen molar-refractivity contribution >= 4 is 17.6 Å². The Morgan fingerprint density at radius 3 is 2.26 bits per heavy atom. The van der Waals surface area contributed by atoms with Crippen molar-refractivity contribution in [1.82, 2.24) is 0 Å². The van der Waals surface area contributed by atoms with Crippen LogP contribution < -0.4 is 5.32 Å². The number of amides is 1. The molecule has 1 aromatic rings. The lowest BCUT2D eigenvalue weighted by molar-refractivity contribution is -0.613. The number of nitrogens with one attached hydrogen (secondary N) is 1. The Bertz CT molecular complexity index is 504. The Morgan fingerprint density at radius 1 is 1.32 bits per heavy atom. The molecule has 0 aliphatic rings. The lowest BCUT2D eigenvalue weighted by Crippen LogP contribution is -2.60. The highest BCUT2D eigenvalue weighted by atomic mass is 16.7. The maximum absolute atomic E-state index is 11.6. The first-order valence-corrected chi connectivity index (χ1v) is 4.94. The van der Waals surface area contributed by atoms with Crippen molar-refractivity contribution in [3.63, 3.8) is 0 Å². The number of nitro groups is 1. The van der Waals surface area contributed by atoms with Crippen molar-refractivity contribution in [1.29, 1.82) is 0 Å². The summed E-state index contributed by atoms with van der Waals surface area (Å²) < 4.78 is 0. The summed E-state index contributed by atoms with van der Waals surface area (Å²) in [7, 11) is 0. The molecule has 1 aromatic carbocycles. The van der Waals surface area contributed by atoms with E-state index in [1.54, 1.807) is 6.07 Å². The van der Waals surface area contributed by atoms with Crippen LogP contribution in [0.2, 0.25) is 0 Å². The van der Waals surface area contributed by atoms with Crippen LogP contribution in [0, 0.1) is 10.1 Å². The third-order valence-corrected chi connectivity index (χ3v) is 2.26. The third-order valence-electron chi connectivity index (χ3n) is 2.26. The summed E-state index contributed by atoms with van der Waals surface area (Å²) in [6.07, 6.45) is -2.90. The number of carbonyl (C=O) groups excluding carboxylic acids is 1. The highest BCUT2D eigenvalue weighted by Crippen LogP contribution is 2.16. The molecule has 1 amide bonds. The number of benzene rings is 1. The van der Waals surface area contributed by atoms with Crippen LogP contribution in [0.3, 0.4) is 0 Å². The molecule has 0 spiro atoms. The summed E-state index contributed by atoms with van der Waals surface area (Å²) >= 11 is 0. The van der Waals surface area contributed by atoms with Gasteiger partial charge in [-0.1, -0.05) is 18.2 Å². The number of nitrogens with zero attached hydrogens (tertiary/aromatic N) is 1. The van der Waals surface area contributed by atoms with Crippen molar-refractivity contribution in [2.75, 3.05) is 5.32 Å². The van der Waals surface area contributed by atoms with Gasteiger partial charge in [-0.25, -0.2) is 4.79 Å². The quantitative estimate of drug-likeness (QED) is 0.305. The summed E-state index contributed by atoms with van der Waals surface area (Å²) in [5.74, 6) is -3.75. The molecular weight excluding hydrogens is 260 g/mol. The predicted octanol–water partition coefficient (Wildman–Crippen LogP) is -0.964. The SMILES string of the molecule is O=C(O)C(O)C(O)(C(=O)Nc1ccccc1)[N+](=O)[O-]. The lowest BCUT2D eigenvalue weighted by atomic mass is 10.1. The topological polar surface area (TPSA) is 150 Å². The highest BCUT2D eigenvalue weighted by Gasteiger charge is 2.60. The van der Waals surface area contributed by atoms with Gasteiger partial charge in [0.25, 0.3) is 6.10 Å². The van der Waals surface area contributed by atoms with Crippen molar-refractivity contribution in [2.24, 2.45) is 0 Å². The molecule has 1 rings (SSSR count). The molecule has 0 aliphatic heterocycles. The summed E-state index contributed by atoms with van der Waals surface area (Å²) in [6.45, 7) is 0. The fourth-order valence-corrected chi connectivity index (χ4v) is 1.22. The molecule has 0 aromatic heterocycles. The zero-order chi connectivity index (χ0) is 14.6. The summed E-state index contributed by atoms with van der Waals surface area (Å²) in [5.41, 5.74) is -3.58. The van der Waals surface area contributed by atoms with Gasteiger partial charge in [-0.3, -0.25) is 14.9 Å². The molecule has 0 aliphatic carbocycles. The average Bonchev–Trinajstić information content (AvgIpc) is 2.37. The van der Waals surface area contributed by atoms with Gasteiger partial charge in [0.05, 0.1) is 4.92 Å². The van der Waals surface area contributed by atoms with Crippen molar-refractivity contribution < 1.29 is 29.8 Å². The van der Waals surface area contributed by atoms with Gasteiger partial charge in [0.15, 0.2) is 0 Å². The van der Waals surface area contributed by atoms with Gasteiger partial charge in [-0.15, -0.1) is 0 Å². The molecule has 19 heavy (non-hydrogen) atoms. The number of para-hydroxylation sites is 1. The minimum absolute atomic E-state index is 0.102. The van der Waals surface area contributed by atoms with Crippen molar-refractivity contribution in [3.8, 4) is 0 Å². The Morgan fingerprint density at radius 2 is 1.84 bits per heavy atom. The van der Waals surface area contributed by atoms with Crippen LogP contribution in [0.4, 0.5) is 5.69 Å². The van der Waals surface area contributed by atoms with Gasteiger partial charge in [-0.05, 0) is 12.1 Å². The normalized spacial score (nSPS) is 15.1. The lowest BCUT2D eigenvalue weighted by Gasteiger charge is -2.20. The Labute approximate surface area is 106 Å². The molecule has 102 valence electrons. The van der Waals surface area contributed by atoms with E-state index in [1.807, 2.05) is 5.32 Å². The molecule has 0 radical (unpaired) electrons. The number of carbonyl (C=O) groups is 2. The highest BCUT2D eigenvalue weighted by molar-refractivity contribution is 5.99. The fraction of sp³-hybridized carbons (Fsp3) is 0.200. The zero-order valence-electron chi connectivity index (χ0n) is 9.39. The van der Waals surface area contributed by atoms with E-state index in [0.29, 0.717) is 0 Å². The summed E-state index contributed by atoms with van der Waals surface area (Å²) in [4.78, 5) is 31.2. The standard InChI is InChI=1S/C10H10N2O7/c13-7(8(14)15)10(17,12(18)19)9(16)11-6-4-2-1-3-5-6/h1-5,7,13,17H,(H,11,16)(H,14,15). The fourth-order valence-electron chi connectivity index (χ4n) is 1.22. The maximum Gasteiger partial charge on any atom is 0.438 e. The number of hydrogen-bond donors (Lipinski definition) is 4. The van der Waals surface area contributed by atoms with Gasteiger partial charge >= 0.3 is 17.6 Å². The molecule has 0 saturated heterocycles. The smallest absolute Gasteiger partial charge is 0.438 e. The average molecular weight is 270 g/mol. The molecule has 0 heterocycles. The summed E-state index contributed by atoms with van der Waals surface area (Å²) in [6, 6.07) is 7.36. The number of rotatable bonds is 5. The molecule has 0 bridgehead atoms. The molecule has 2 atom stereocenters. The first kappa shape index (κ1) is 14.5. The first-order chi connectivity index (χ1) is 8.80. The second-order valence-corrected chi connectivity index (χ2v) is 3.54. The largest absolute Gasteiger partial charge is 0.479 e. The minimum Gasteiger partial charge on any atom is -0.479 e. The van der Waals surface area contributed by atoms with E-state index in [1.165, 1.54) is 24.3 Å². The third kappa shape index (κ3) is 2.84. The van der Waals surface area contributed by atoms with E-state index in [9.17, 15) is 24.8 Å². The van der Waals surface area contributed by atoms with Gasteiger partial charge in [-0.2, -0.15) is 0 Å². The van der Waals surface area contributed by atoms with Crippen LogP contribution in [0.15, 0.2) is 30.3 Å².